The predicted molar refractivity (Wildman–Crippen MR) is 81.5 cm³/mol. The molecule has 0 aliphatic heterocycles. The van der Waals surface area contributed by atoms with E-state index in [1.165, 1.54) is 12.1 Å². The smallest absolute Gasteiger partial charge is 0.182 e. The molecule has 108 valence electrons. The van der Waals surface area contributed by atoms with Crippen LogP contribution in [0.5, 0.6) is 11.5 Å². The van der Waals surface area contributed by atoms with Crippen molar-refractivity contribution in [1.82, 2.24) is 9.55 Å². The minimum absolute atomic E-state index is 0.319. The molecular formula is C15H13FN2O2S. The zero-order valence-corrected chi connectivity index (χ0v) is 12.3. The maximum atomic E-state index is 13.5. The molecule has 1 heterocycles. The lowest BCUT2D eigenvalue weighted by atomic mass is 10.2. The van der Waals surface area contributed by atoms with E-state index in [-0.39, 0.29) is 5.82 Å². The minimum Gasteiger partial charge on any atom is -0.497 e. The number of ether oxygens (including phenoxy) is 2. The Hall–Kier alpha value is -2.34. The second-order valence-corrected chi connectivity index (χ2v) is 4.88. The van der Waals surface area contributed by atoms with Gasteiger partial charge in [0.25, 0.3) is 0 Å². The summed E-state index contributed by atoms with van der Waals surface area (Å²) < 4.78 is 26.3. The third-order valence-electron chi connectivity index (χ3n) is 3.24. The summed E-state index contributed by atoms with van der Waals surface area (Å²) >= 11 is 5.34. The average Bonchev–Trinajstić information content (AvgIpc) is 2.81. The van der Waals surface area contributed by atoms with E-state index in [0.29, 0.717) is 21.8 Å². The van der Waals surface area contributed by atoms with Crippen molar-refractivity contribution < 1.29 is 13.9 Å². The molecule has 6 heteroatoms. The first kappa shape index (κ1) is 13.6. The standard InChI is InChI=1S/C15H13FN2O2S/c1-19-11-6-10(7-12(8-11)20-2)18-14-5-9(16)3-4-13(14)17-15(18)21/h3-8H,1-2H3,(H,17,21). The molecule has 4 nitrogen and oxygen atoms in total. The fourth-order valence-corrected chi connectivity index (χ4v) is 2.57. The third kappa shape index (κ3) is 2.38. The van der Waals surface area contributed by atoms with Crippen LogP contribution in [0, 0.1) is 10.6 Å². The van der Waals surface area contributed by atoms with Crippen LogP contribution in [0.4, 0.5) is 4.39 Å². The van der Waals surface area contributed by atoms with E-state index < -0.39 is 0 Å². The lowest BCUT2D eigenvalue weighted by molar-refractivity contribution is 0.394. The van der Waals surface area contributed by atoms with Crippen LogP contribution >= 0.6 is 12.2 Å². The highest BCUT2D eigenvalue weighted by Gasteiger charge is 2.10. The molecule has 0 saturated heterocycles. The number of aromatic amines is 1. The van der Waals surface area contributed by atoms with Gasteiger partial charge >= 0.3 is 0 Å². The van der Waals surface area contributed by atoms with Crippen molar-refractivity contribution in [2.75, 3.05) is 14.2 Å². The summed E-state index contributed by atoms with van der Waals surface area (Å²) in [7, 11) is 3.15. The largest absolute Gasteiger partial charge is 0.497 e. The Bertz CT molecular complexity index is 847. The highest BCUT2D eigenvalue weighted by Crippen LogP contribution is 2.28. The molecule has 3 rings (SSSR count). The Kier molecular flexibility index (Phi) is 3.39. The Morgan fingerprint density at radius 1 is 1.05 bits per heavy atom. The van der Waals surface area contributed by atoms with E-state index in [4.69, 9.17) is 21.7 Å². The van der Waals surface area contributed by atoms with Gasteiger partial charge in [0.1, 0.15) is 17.3 Å². The van der Waals surface area contributed by atoms with Crippen LogP contribution in [-0.4, -0.2) is 23.8 Å². The molecule has 0 bridgehead atoms. The number of aromatic nitrogens is 2. The molecule has 3 aromatic rings. The van der Waals surface area contributed by atoms with Crippen molar-refractivity contribution in [2.45, 2.75) is 0 Å². The molecule has 0 unspecified atom stereocenters. The van der Waals surface area contributed by atoms with Gasteiger partial charge in [-0.15, -0.1) is 0 Å². The number of fused-ring (bicyclic) bond motifs is 1. The normalized spacial score (nSPS) is 10.8. The van der Waals surface area contributed by atoms with E-state index in [1.807, 2.05) is 12.1 Å². The lowest BCUT2D eigenvalue weighted by Crippen LogP contribution is -1.97. The molecule has 1 aromatic heterocycles. The first-order valence-corrected chi connectivity index (χ1v) is 6.67. The van der Waals surface area contributed by atoms with Gasteiger partial charge in [-0.3, -0.25) is 4.57 Å². The number of H-pyrrole nitrogens is 1. The second kappa shape index (κ2) is 5.21. The summed E-state index contributed by atoms with van der Waals surface area (Å²) in [5, 5.41) is 0. The van der Waals surface area contributed by atoms with Crippen molar-refractivity contribution >= 4 is 23.3 Å². The summed E-state index contributed by atoms with van der Waals surface area (Å²) in [6.45, 7) is 0. The average molecular weight is 304 g/mol. The van der Waals surface area contributed by atoms with Crippen molar-refractivity contribution in [2.24, 2.45) is 0 Å². The van der Waals surface area contributed by atoms with Gasteiger partial charge in [0, 0.05) is 24.3 Å². The van der Waals surface area contributed by atoms with Crippen molar-refractivity contribution in [3.05, 3.63) is 47.0 Å². The van der Waals surface area contributed by atoms with Crippen LogP contribution in [0.15, 0.2) is 36.4 Å². The van der Waals surface area contributed by atoms with Crippen molar-refractivity contribution in [3.8, 4) is 17.2 Å². The Morgan fingerprint density at radius 2 is 1.71 bits per heavy atom. The summed E-state index contributed by atoms with van der Waals surface area (Å²) in [4.78, 5) is 3.06. The van der Waals surface area contributed by atoms with Crippen LogP contribution < -0.4 is 9.47 Å². The zero-order valence-electron chi connectivity index (χ0n) is 11.5. The number of halogens is 1. The maximum Gasteiger partial charge on any atom is 0.182 e. The van der Waals surface area contributed by atoms with Crippen molar-refractivity contribution in [3.63, 3.8) is 0 Å². The van der Waals surface area contributed by atoms with E-state index in [0.717, 1.165) is 11.2 Å². The number of rotatable bonds is 3. The van der Waals surface area contributed by atoms with Gasteiger partial charge in [-0.05, 0) is 24.4 Å². The van der Waals surface area contributed by atoms with E-state index >= 15 is 0 Å². The predicted octanol–water partition coefficient (Wildman–Crippen LogP) is 3.84. The van der Waals surface area contributed by atoms with Crippen molar-refractivity contribution in [1.29, 1.82) is 0 Å². The number of hydrogen-bond donors (Lipinski definition) is 1. The molecule has 0 aliphatic carbocycles. The van der Waals surface area contributed by atoms with E-state index in [2.05, 4.69) is 4.98 Å². The minimum atomic E-state index is -0.319. The van der Waals surface area contributed by atoms with Crippen LogP contribution in [0.1, 0.15) is 0 Å². The number of nitrogens with zero attached hydrogens (tertiary/aromatic N) is 1. The van der Waals surface area contributed by atoms with Gasteiger partial charge < -0.3 is 14.5 Å². The summed E-state index contributed by atoms with van der Waals surface area (Å²) in [5.74, 6) is 0.953. The van der Waals surface area contributed by atoms with Crippen LogP contribution in [0.25, 0.3) is 16.7 Å². The van der Waals surface area contributed by atoms with Crippen LogP contribution in [-0.2, 0) is 0 Å². The Morgan fingerprint density at radius 3 is 2.33 bits per heavy atom. The third-order valence-corrected chi connectivity index (χ3v) is 3.52. The summed E-state index contributed by atoms with van der Waals surface area (Å²) in [6.07, 6.45) is 0. The van der Waals surface area contributed by atoms with Gasteiger partial charge in [0.05, 0.1) is 30.9 Å². The molecular weight excluding hydrogens is 291 g/mol. The van der Waals surface area contributed by atoms with Gasteiger partial charge in [-0.25, -0.2) is 4.39 Å². The molecule has 2 aromatic carbocycles. The molecule has 0 saturated carbocycles. The number of nitrogens with one attached hydrogen (secondary N) is 1. The molecule has 1 N–H and O–H groups in total. The first-order valence-electron chi connectivity index (χ1n) is 6.26. The molecule has 0 atom stereocenters. The van der Waals surface area contributed by atoms with Gasteiger partial charge in [0.15, 0.2) is 4.77 Å². The number of methoxy groups -OCH3 is 2. The molecule has 0 fully saturated rings. The molecule has 0 radical (unpaired) electrons. The second-order valence-electron chi connectivity index (χ2n) is 4.50. The van der Waals surface area contributed by atoms with Gasteiger partial charge in [-0.2, -0.15) is 0 Å². The Balaban J connectivity index is 2.31. The molecule has 0 aliphatic rings. The number of hydrogen-bond acceptors (Lipinski definition) is 3. The van der Waals surface area contributed by atoms with Gasteiger partial charge in [0.2, 0.25) is 0 Å². The van der Waals surface area contributed by atoms with E-state index in [9.17, 15) is 4.39 Å². The van der Waals surface area contributed by atoms with Gasteiger partial charge in [-0.1, -0.05) is 0 Å². The fraction of sp³-hybridized carbons (Fsp3) is 0.133. The lowest BCUT2D eigenvalue weighted by Gasteiger charge is -2.10. The molecule has 0 amide bonds. The summed E-state index contributed by atoms with van der Waals surface area (Å²) in [6, 6.07) is 9.89. The monoisotopic (exact) mass is 304 g/mol. The van der Waals surface area contributed by atoms with Crippen LogP contribution in [0.3, 0.4) is 0 Å². The maximum absolute atomic E-state index is 13.5. The highest BCUT2D eigenvalue weighted by atomic mass is 32.1. The Labute approximate surface area is 125 Å². The number of benzene rings is 2. The summed E-state index contributed by atoms with van der Waals surface area (Å²) in [5.41, 5.74) is 2.17. The zero-order chi connectivity index (χ0) is 15.0. The number of imidazole rings is 1. The highest BCUT2D eigenvalue weighted by molar-refractivity contribution is 7.71. The fourth-order valence-electron chi connectivity index (χ4n) is 2.25. The quantitative estimate of drug-likeness (QED) is 0.747. The SMILES string of the molecule is COc1cc(OC)cc(-n2c(=S)[nH]c3ccc(F)cc32)c1. The topological polar surface area (TPSA) is 39.2 Å². The molecule has 21 heavy (non-hydrogen) atoms. The van der Waals surface area contributed by atoms with E-state index in [1.54, 1.807) is 30.9 Å². The first-order chi connectivity index (χ1) is 10.1. The van der Waals surface area contributed by atoms with Crippen LogP contribution in [0.2, 0.25) is 0 Å². The molecule has 0 spiro atoms.